The third-order valence-electron chi connectivity index (χ3n) is 3.76. The van der Waals surface area contributed by atoms with Crippen molar-refractivity contribution >= 4 is 17.2 Å². The summed E-state index contributed by atoms with van der Waals surface area (Å²) in [6.07, 6.45) is 1.85. The summed E-state index contributed by atoms with van der Waals surface area (Å²) in [6, 6.07) is 2.38. The molecule has 0 aliphatic carbocycles. The predicted molar refractivity (Wildman–Crippen MR) is 82.2 cm³/mol. The molecule has 0 bridgehead atoms. The highest BCUT2D eigenvalue weighted by atomic mass is 32.1. The zero-order chi connectivity index (χ0) is 14.1. The molecule has 0 amide bonds. The third-order valence-corrected chi connectivity index (χ3v) is 5.02. The second-order valence-electron chi connectivity index (χ2n) is 5.46. The van der Waals surface area contributed by atoms with Crippen LogP contribution in [0.2, 0.25) is 0 Å². The smallest absolute Gasteiger partial charge is 0.124 e. The first-order valence-electron chi connectivity index (χ1n) is 7.06. The standard InChI is InChI=1S/C14H21N5S/c1-9(14-10(2)18-11(3)20-14)15-6-12-7-16-13-4-5-17-19(13)8-12/h4-5,9,12,15-16H,6-8H2,1-3H3/t9-,12-/m0/s1. The van der Waals surface area contributed by atoms with Crippen LogP contribution in [0.4, 0.5) is 5.82 Å². The summed E-state index contributed by atoms with van der Waals surface area (Å²) in [6.45, 7) is 9.36. The summed E-state index contributed by atoms with van der Waals surface area (Å²) in [7, 11) is 0. The van der Waals surface area contributed by atoms with Crippen LogP contribution in [-0.4, -0.2) is 27.9 Å². The summed E-state index contributed by atoms with van der Waals surface area (Å²) in [5.74, 6) is 1.70. The van der Waals surface area contributed by atoms with E-state index in [0.29, 0.717) is 12.0 Å². The third kappa shape index (κ3) is 2.71. The van der Waals surface area contributed by atoms with Gasteiger partial charge in [0, 0.05) is 42.5 Å². The summed E-state index contributed by atoms with van der Waals surface area (Å²) < 4.78 is 2.04. The first-order valence-corrected chi connectivity index (χ1v) is 7.88. The molecule has 6 heteroatoms. The SMILES string of the molecule is Cc1nc(C)c([C@H](C)NC[C@H]2CNc3ccnn3C2)s1. The van der Waals surface area contributed by atoms with Crippen LogP contribution in [-0.2, 0) is 6.54 Å². The number of nitrogens with one attached hydrogen (secondary N) is 2. The van der Waals surface area contributed by atoms with E-state index >= 15 is 0 Å². The fourth-order valence-electron chi connectivity index (χ4n) is 2.71. The molecule has 108 valence electrons. The van der Waals surface area contributed by atoms with Crippen molar-refractivity contribution in [3.05, 3.63) is 27.8 Å². The van der Waals surface area contributed by atoms with Crippen molar-refractivity contribution in [1.29, 1.82) is 0 Å². The fourth-order valence-corrected chi connectivity index (χ4v) is 3.66. The molecule has 2 aromatic rings. The first-order chi connectivity index (χ1) is 9.63. The van der Waals surface area contributed by atoms with E-state index in [1.807, 2.05) is 16.9 Å². The van der Waals surface area contributed by atoms with E-state index < -0.39 is 0 Å². The Morgan fingerprint density at radius 3 is 3.15 bits per heavy atom. The summed E-state index contributed by atoms with van der Waals surface area (Å²) in [5, 5.41) is 12.5. The monoisotopic (exact) mass is 291 g/mol. The average molecular weight is 291 g/mol. The highest BCUT2D eigenvalue weighted by Gasteiger charge is 2.20. The van der Waals surface area contributed by atoms with Crippen molar-refractivity contribution in [2.45, 2.75) is 33.4 Å². The van der Waals surface area contributed by atoms with Crippen molar-refractivity contribution in [2.24, 2.45) is 5.92 Å². The van der Waals surface area contributed by atoms with Crippen molar-refractivity contribution < 1.29 is 0 Å². The Balaban J connectivity index is 1.56. The molecule has 0 aromatic carbocycles. The van der Waals surface area contributed by atoms with Crippen molar-refractivity contribution in [2.75, 3.05) is 18.4 Å². The maximum absolute atomic E-state index is 4.50. The average Bonchev–Trinajstić information content (AvgIpc) is 3.01. The van der Waals surface area contributed by atoms with E-state index in [1.165, 1.54) is 4.88 Å². The molecular weight excluding hydrogens is 270 g/mol. The Bertz CT molecular complexity index is 588. The van der Waals surface area contributed by atoms with Crippen LogP contribution in [0.25, 0.3) is 0 Å². The molecule has 0 fully saturated rings. The topological polar surface area (TPSA) is 54.8 Å². The Morgan fingerprint density at radius 2 is 2.40 bits per heavy atom. The molecule has 1 aliphatic rings. The molecule has 0 radical (unpaired) electrons. The molecule has 0 saturated heterocycles. The Kier molecular flexibility index (Phi) is 3.76. The predicted octanol–water partition coefficient (Wildman–Crippen LogP) is 2.35. The number of fused-ring (bicyclic) bond motifs is 1. The number of aromatic nitrogens is 3. The van der Waals surface area contributed by atoms with Gasteiger partial charge in [-0.1, -0.05) is 0 Å². The van der Waals surface area contributed by atoms with Gasteiger partial charge in [-0.3, -0.25) is 0 Å². The van der Waals surface area contributed by atoms with Crippen LogP contribution < -0.4 is 10.6 Å². The number of nitrogens with zero attached hydrogens (tertiary/aromatic N) is 3. The van der Waals surface area contributed by atoms with Gasteiger partial charge in [-0.2, -0.15) is 5.10 Å². The van der Waals surface area contributed by atoms with E-state index in [2.05, 4.69) is 41.5 Å². The normalized spacial score (nSPS) is 19.4. The van der Waals surface area contributed by atoms with E-state index in [0.717, 1.165) is 36.2 Å². The Morgan fingerprint density at radius 1 is 1.55 bits per heavy atom. The van der Waals surface area contributed by atoms with Crippen LogP contribution in [0.3, 0.4) is 0 Å². The van der Waals surface area contributed by atoms with Crippen molar-refractivity contribution in [3.8, 4) is 0 Å². The lowest BCUT2D eigenvalue weighted by molar-refractivity contribution is 0.377. The van der Waals surface area contributed by atoms with Gasteiger partial charge in [0.05, 0.1) is 16.9 Å². The maximum Gasteiger partial charge on any atom is 0.124 e. The lowest BCUT2D eigenvalue weighted by atomic mass is 10.1. The Hall–Kier alpha value is -1.40. The van der Waals surface area contributed by atoms with Crippen LogP contribution in [0, 0.1) is 19.8 Å². The zero-order valence-corrected chi connectivity index (χ0v) is 13.0. The fraction of sp³-hybridized carbons (Fsp3) is 0.571. The lowest BCUT2D eigenvalue weighted by Crippen LogP contribution is -2.36. The minimum absolute atomic E-state index is 0.361. The maximum atomic E-state index is 4.50. The van der Waals surface area contributed by atoms with E-state index in [4.69, 9.17) is 0 Å². The number of hydrogen-bond donors (Lipinski definition) is 2. The second-order valence-corrected chi connectivity index (χ2v) is 6.69. The number of rotatable bonds is 4. The van der Waals surface area contributed by atoms with Crippen molar-refractivity contribution in [3.63, 3.8) is 0 Å². The quantitative estimate of drug-likeness (QED) is 0.908. The summed E-state index contributed by atoms with van der Waals surface area (Å²) in [5.41, 5.74) is 1.16. The Labute approximate surface area is 123 Å². The van der Waals surface area contributed by atoms with E-state index in [1.54, 1.807) is 11.3 Å². The molecule has 0 saturated carbocycles. The zero-order valence-electron chi connectivity index (χ0n) is 12.2. The minimum atomic E-state index is 0.361. The van der Waals surface area contributed by atoms with Crippen molar-refractivity contribution in [1.82, 2.24) is 20.1 Å². The van der Waals surface area contributed by atoms with Crippen LogP contribution in [0.5, 0.6) is 0 Å². The lowest BCUT2D eigenvalue weighted by Gasteiger charge is -2.26. The van der Waals surface area contributed by atoms with Gasteiger partial charge in [-0.25, -0.2) is 9.67 Å². The van der Waals surface area contributed by atoms with Gasteiger partial charge in [0.15, 0.2) is 0 Å². The molecule has 5 nitrogen and oxygen atoms in total. The van der Waals surface area contributed by atoms with Gasteiger partial charge in [-0.05, 0) is 20.8 Å². The molecule has 0 unspecified atom stereocenters. The van der Waals surface area contributed by atoms with E-state index in [9.17, 15) is 0 Å². The van der Waals surface area contributed by atoms with Gasteiger partial charge in [-0.15, -0.1) is 11.3 Å². The molecule has 2 atom stereocenters. The van der Waals surface area contributed by atoms with Gasteiger partial charge < -0.3 is 10.6 Å². The first kappa shape index (κ1) is 13.6. The number of aryl methyl sites for hydroxylation is 2. The molecule has 20 heavy (non-hydrogen) atoms. The second kappa shape index (κ2) is 5.54. The molecule has 3 rings (SSSR count). The van der Waals surface area contributed by atoms with Crippen LogP contribution >= 0.6 is 11.3 Å². The van der Waals surface area contributed by atoms with Gasteiger partial charge in [0.1, 0.15) is 5.82 Å². The van der Waals surface area contributed by atoms with Crippen LogP contribution in [0.1, 0.15) is 28.5 Å². The molecule has 0 spiro atoms. The molecule has 2 aromatic heterocycles. The highest BCUT2D eigenvalue weighted by Crippen LogP contribution is 2.25. The minimum Gasteiger partial charge on any atom is -0.370 e. The number of anilines is 1. The van der Waals surface area contributed by atoms with Gasteiger partial charge in [0.25, 0.3) is 0 Å². The summed E-state index contributed by atoms with van der Waals surface area (Å²) >= 11 is 1.79. The highest BCUT2D eigenvalue weighted by molar-refractivity contribution is 7.11. The number of hydrogen-bond acceptors (Lipinski definition) is 5. The molecule has 3 heterocycles. The van der Waals surface area contributed by atoms with Gasteiger partial charge >= 0.3 is 0 Å². The van der Waals surface area contributed by atoms with E-state index in [-0.39, 0.29) is 0 Å². The largest absolute Gasteiger partial charge is 0.370 e. The van der Waals surface area contributed by atoms with Gasteiger partial charge in [0.2, 0.25) is 0 Å². The number of thiazole rings is 1. The molecule has 1 aliphatic heterocycles. The molecule has 2 N–H and O–H groups in total. The molecular formula is C14H21N5S. The summed E-state index contributed by atoms with van der Waals surface area (Å²) in [4.78, 5) is 5.85. The van der Waals surface area contributed by atoms with Crippen LogP contribution in [0.15, 0.2) is 12.3 Å².